The van der Waals surface area contributed by atoms with E-state index in [9.17, 15) is 13.2 Å². The normalized spacial score (nSPS) is 9.22. The minimum Gasteiger partial charge on any atom is -0.363 e. The van der Waals surface area contributed by atoms with E-state index >= 15 is 0 Å². The fraction of sp³-hybridized carbons (Fsp3) is 0.250. The Morgan fingerprint density at radius 3 is 2.22 bits per heavy atom. The molecular weight excluding hydrogens is 137 g/mol. The molecule has 5 heteroatoms. The molecule has 0 atom stereocenters. The van der Waals surface area contributed by atoms with Gasteiger partial charge in [-0.2, -0.15) is 13.2 Å². The third-order valence-corrected chi connectivity index (χ3v) is 0.285. The maximum absolute atomic E-state index is 11.0. The monoisotopic (exact) mass is 137 g/mol. The Morgan fingerprint density at radius 2 is 1.89 bits per heavy atom. The molecule has 0 amide bonds. The molecule has 0 aliphatic heterocycles. The van der Waals surface area contributed by atoms with Crippen molar-refractivity contribution < 1.29 is 22.7 Å². The molecule has 9 heavy (non-hydrogen) atoms. The molecule has 0 aromatic heterocycles. The Labute approximate surface area is 48.6 Å². The summed E-state index contributed by atoms with van der Waals surface area (Å²) in [4.78, 5) is 9.07. The lowest BCUT2D eigenvalue weighted by Gasteiger charge is -1.89. The molecule has 0 fully saturated rings. The number of rotatable bonds is 1. The van der Waals surface area contributed by atoms with Crippen LogP contribution in [0, 0.1) is 12.0 Å². The van der Waals surface area contributed by atoms with Gasteiger partial charge in [0.25, 0.3) is 0 Å². The van der Waals surface area contributed by atoms with Crippen LogP contribution >= 0.6 is 0 Å². The summed E-state index contributed by atoms with van der Waals surface area (Å²) in [5.74, 6) is 0.688. The van der Waals surface area contributed by atoms with Gasteiger partial charge in [-0.1, -0.05) is 0 Å². The molecule has 0 saturated heterocycles. The predicted molar refractivity (Wildman–Crippen MR) is 20.6 cm³/mol. The summed E-state index contributed by atoms with van der Waals surface area (Å²) in [7, 11) is 0. The van der Waals surface area contributed by atoms with Gasteiger partial charge in [-0.25, -0.2) is 4.79 Å². The predicted octanol–water partition coefficient (Wildman–Crippen LogP) is 0.593. The number of alkyl halides is 3. The first kappa shape index (κ1) is 7.82. The molecule has 0 heterocycles. The van der Waals surface area contributed by atoms with Crippen LogP contribution in [-0.4, -0.2) is 12.6 Å². The van der Waals surface area contributed by atoms with Gasteiger partial charge in [0.15, 0.2) is 0 Å². The zero-order chi connectivity index (χ0) is 7.33. The van der Waals surface area contributed by atoms with Crippen molar-refractivity contribution in [3.8, 4) is 12.0 Å². The highest BCUT2D eigenvalue weighted by Gasteiger charge is 2.23. The lowest BCUT2D eigenvalue weighted by Crippen LogP contribution is -2.01. The quantitative estimate of drug-likeness (QED) is 0.494. The van der Waals surface area contributed by atoms with E-state index in [4.69, 9.17) is 4.79 Å². The molecule has 0 saturated carbocycles. The fourth-order valence-corrected chi connectivity index (χ4v) is 0.104. The van der Waals surface area contributed by atoms with Crippen LogP contribution in [0.3, 0.4) is 0 Å². The zero-order valence-electron chi connectivity index (χ0n) is 3.95. The molecule has 2 nitrogen and oxygen atoms in total. The molecule has 0 aromatic rings. The van der Waals surface area contributed by atoms with Crippen LogP contribution in [-0.2, 0) is 9.53 Å². The minimum absolute atomic E-state index is 0.688. The van der Waals surface area contributed by atoms with Gasteiger partial charge in [0, 0.05) is 0 Å². The van der Waals surface area contributed by atoms with E-state index < -0.39 is 6.18 Å². The molecule has 0 aromatic carbocycles. The molecule has 1 radical (unpaired) electrons. The molecule has 0 aliphatic rings. The molecule has 0 unspecified atom stereocenters. The summed E-state index contributed by atoms with van der Waals surface area (Å²) >= 11 is 0. The Hall–Kier alpha value is -1.18. The van der Waals surface area contributed by atoms with Crippen molar-refractivity contribution in [1.29, 1.82) is 0 Å². The molecule has 0 spiro atoms. The van der Waals surface area contributed by atoms with Gasteiger partial charge in [-0.15, -0.1) is 0 Å². The Morgan fingerprint density at radius 1 is 1.33 bits per heavy atom. The second-order valence-electron chi connectivity index (χ2n) is 0.910. The van der Waals surface area contributed by atoms with Crippen LogP contribution in [0.25, 0.3) is 0 Å². The summed E-state index contributed by atoms with van der Waals surface area (Å²) in [6.07, 6.45) is -3.54. The second kappa shape index (κ2) is 2.97. The van der Waals surface area contributed by atoms with Crippen LogP contribution in [0.5, 0.6) is 0 Å². The highest BCUT2D eigenvalue weighted by atomic mass is 19.4. The molecule has 0 aliphatic carbocycles. The largest absolute Gasteiger partial charge is 0.460 e. The van der Waals surface area contributed by atoms with Gasteiger partial charge in [0.05, 0.1) is 5.92 Å². The van der Waals surface area contributed by atoms with Crippen molar-refractivity contribution in [3.63, 3.8) is 0 Å². The third kappa shape index (κ3) is 6.82. The summed E-state index contributed by atoms with van der Waals surface area (Å²) in [6.45, 7) is 0.717. The standard InChI is InChI=1S/C4F3O2/c5-4(6,7)1-2-9-3-8. The van der Waals surface area contributed by atoms with Crippen molar-refractivity contribution in [2.24, 2.45) is 0 Å². The van der Waals surface area contributed by atoms with Gasteiger partial charge in [0.1, 0.15) is 6.11 Å². The first-order valence-corrected chi connectivity index (χ1v) is 1.68. The smallest absolute Gasteiger partial charge is 0.363 e. The van der Waals surface area contributed by atoms with E-state index in [-0.39, 0.29) is 0 Å². The summed E-state index contributed by atoms with van der Waals surface area (Å²) in [6, 6.07) is 0. The number of carbonyl (C=O) groups excluding carboxylic acids is 1. The number of ether oxygens (including phenoxy) is 1. The second-order valence-corrected chi connectivity index (χ2v) is 0.910. The minimum atomic E-state index is -4.61. The van der Waals surface area contributed by atoms with Crippen LogP contribution in [0.2, 0.25) is 0 Å². The van der Waals surface area contributed by atoms with Gasteiger partial charge in [-0.3, -0.25) is 0 Å². The van der Waals surface area contributed by atoms with Gasteiger partial charge in [0.2, 0.25) is 0 Å². The van der Waals surface area contributed by atoms with Crippen molar-refractivity contribution in [3.05, 3.63) is 0 Å². The summed E-state index contributed by atoms with van der Waals surface area (Å²) < 4.78 is 36.3. The average molecular weight is 137 g/mol. The Balaban J connectivity index is 3.72. The molecule has 0 bridgehead atoms. The number of halogens is 3. The SMILES string of the molecule is O=[C]OC#CC(F)(F)F. The van der Waals surface area contributed by atoms with E-state index in [0.717, 1.165) is 6.11 Å². The van der Waals surface area contributed by atoms with Crippen molar-refractivity contribution in [2.75, 3.05) is 0 Å². The molecule has 49 valence electrons. The van der Waals surface area contributed by atoms with Crippen LogP contribution in [0.1, 0.15) is 0 Å². The van der Waals surface area contributed by atoms with Crippen molar-refractivity contribution >= 4 is 6.47 Å². The molecular formula is C4F3O2. The van der Waals surface area contributed by atoms with Gasteiger partial charge >= 0.3 is 12.6 Å². The first-order valence-electron chi connectivity index (χ1n) is 1.68. The highest BCUT2D eigenvalue weighted by Crippen LogP contribution is 2.11. The zero-order valence-corrected chi connectivity index (χ0v) is 3.95. The maximum Gasteiger partial charge on any atom is 0.460 e. The maximum atomic E-state index is 11.0. The number of hydrogen-bond acceptors (Lipinski definition) is 2. The van der Waals surface area contributed by atoms with E-state index in [2.05, 4.69) is 4.74 Å². The fourth-order valence-electron chi connectivity index (χ4n) is 0.104. The Kier molecular flexibility index (Phi) is 2.58. The molecule has 0 rings (SSSR count). The summed E-state index contributed by atoms with van der Waals surface area (Å²) in [5.41, 5.74) is 0. The highest BCUT2D eigenvalue weighted by molar-refractivity contribution is 5.40. The first-order chi connectivity index (χ1) is 4.06. The van der Waals surface area contributed by atoms with E-state index in [1.54, 1.807) is 0 Å². The topological polar surface area (TPSA) is 26.3 Å². The summed E-state index contributed by atoms with van der Waals surface area (Å²) in [5, 5.41) is 0. The lowest BCUT2D eigenvalue weighted by molar-refractivity contribution is -0.0701. The van der Waals surface area contributed by atoms with Crippen molar-refractivity contribution in [1.82, 2.24) is 0 Å². The average Bonchev–Trinajstić information content (AvgIpc) is 1.63. The van der Waals surface area contributed by atoms with Gasteiger partial charge in [-0.05, 0) is 0 Å². The van der Waals surface area contributed by atoms with E-state index in [1.807, 2.05) is 0 Å². The van der Waals surface area contributed by atoms with Crippen LogP contribution in [0.4, 0.5) is 13.2 Å². The van der Waals surface area contributed by atoms with Gasteiger partial charge < -0.3 is 4.74 Å². The van der Waals surface area contributed by atoms with Crippen LogP contribution in [0.15, 0.2) is 0 Å². The molecule has 0 N–H and O–H groups in total. The Bertz CT molecular complexity index is 149. The van der Waals surface area contributed by atoms with E-state index in [0.29, 0.717) is 12.4 Å². The lowest BCUT2D eigenvalue weighted by atomic mass is 10.7. The van der Waals surface area contributed by atoms with Crippen molar-refractivity contribution in [2.45, 2.75) is 6.18 Å². The van der Waals surface area contributed by atoms with Crippen LogP contribution < -0.4 is 0 Å². The van der Waals surface area contributed by atoms with E-state index in [1.165, 1.54) is 0 Å². The third-order valence-electron chi connectivity index (χ3n) is 0.285. The number of hydrogen-bond donors (Lipinski definition) is 0.